The van der Waals surface area contributed by atoms with Crippen LogP contribution in [0.25, 0.3) is 0 Å². The van der Waals surface area contributed by atoms with Crippen LogP contribution in [0.15, 0.2) is 43.0 Å². The predicted molar refractivity (Wildman–Crippen MR) is 104 cm³/mol. The van der Waals surface area contributed by atoms with Crippen LogP contribution >= 0.6 is 0 Å². The van der Waals surface area contributed by atoms with Crippen LogP contribution in [-0.2, 0) is 16.1 Å². The second-order valence-electron chi connectivity index (χ2n) is 6.96. The number of carbonyl (C=O) groups excluding carboxylic acids is 2. The number of carbonyl (C=O) groups is 2. The number of nitrogens with zero attached hydrogens (tertiary/aromatic N) is 2. The van der Waals surface area contributed by atoms with Crippen molar-refractivity contribution in [2.45, 2.75) is 38.3 Å². The Morgan fingerprint density at radius 3 is 2.67 bits per heavy atom. The fourth-order valence-corrected chi connectivity index (χ4v) is 3.58. The normalized spacial score (nSPS) is 17.6. The van der Waals surface area contributed by atoms with Crippen LogP contribution in [-0.4, -0.2) is 64.2 Å². The molecule has 0 saturated carbocycles. The predicted octanol–water partition coefficient (Wildman–Crippen LogP) is 1.57. The van der Waals surface area contributed by atoms with Crippen molar-refractivity contribution in [1.29, 1.82) is 0 Å². The summed E-state index contributed by atoms with van der Waals surface area (Å²) < 4.78 is 0. The van der Waals surface area contributed by atoms with Crippen molar-refractivity contribution < 1.29 is 19.8 Å². The first-order chi connectivity index (χ1) is 13.1. The van der Waals surface area contributed by atoms with Crippen molar-refractivity contribution in [2.75, 3.05) is 26.3 Å². The molecule has 6 heteroatoms. The van der Waals surface area contributed by atoms with Gasteiger partial charge in [-0.1, -0.05) is 36.4 Å². The molecule has 0 spiro atoms. The van der Waals surface area contributed by atoms with Gasteiger partial charge in [0.15, 0.2) is 0 Å². The van der Waals surface area contributed by atoms with Crippen LogP contribution in [0.1, 0.15) is 31.2 Å². The first-order valence-corrected chi connectivity index (χ1v) is 9.55. The van der Waals surface area contributed by atoms with Crippen molar-refractivity contribution in [3.63, 3.8) is 0 Å². The highest BCUT2D eigenvalue weighted by molar-refractivity contribution is 5.86. The van der Waals surface area contributed by atoms with Gasteiger partial charge in [-0.15, -0.1) is 6.58 Å². The van der Waals surface area contributed by atoms with Gasteiger partial charge in [-0.2, -0.15) is 0 Å². The van der Waals surface area contributed by atoms with Crippen LogP contribution in [0.5, 0.6) is 0 Å². The van der Waals surface area contributed by atoms with Crippen molar-refractivity contribution in [1.82, 2.24) is 9.80 Å². The molecule has 0 radical (unpaired) electrons. The summed E-state index contributed by atoms with van der Waals surface area (Å²) in [5.74, 6) is -0.740. The lowest BCUT2D eigenvalue weighted by Crippen LogP contribution is -2.43. The Hall–Kier alpha value is -2.18. The zero-order valence-corrected chi connectivity index (χ0v) is 15.8. The summed E-state index contributed by atoms with van der Waals surface area (Å²) >= 11 is 0. The minimum atomic E-state index is -0.487. The topological polar surface area (TPSA) is 81.1 Å². The van der Waals surface area contributed by atoms with Gasteiger partial charge in [0.1, 0.15) is 0 Å². The molecular formula is C21H30N2O4. The van der Waals surface area contributed by atoms with Gasteiger partial charge >= 0.3 is 0 Å². The second kappa shape index (κ2) is 10.8. The second-order valence-corrected chi connectivity index (χ2v) is 6.96. The first kappa shape index (κ1) is 21.1. The van der Waals surface area contributed by atoms with Crippen molar-refractivity contribution in [3.8, 4) is 0 Å². The van der Waals surface area contributed by atoms with E-state index in [1.54, 1.807) is 15.9 Å². The highest BCUT2D eigenvalue weighted by Crippen LogP contribution is 2.23. The molecule has 2 unspecified atom stereocenters. The van der Waals surface area contributed by atoms with Crippen molar-refractivity contribution in [2.24, 2.45) is 5.92 Å². The zero-order chi connectivity index (χ0) is 19.6. The number of allylic oxidation sites excluding steroid dienone is 1. The van der Waals surface area contributed by atoms with Gasteiger partial charge < -0.3 is 20.0 Å². The monoisotopic (exact) mass is 374 g/mol. The SMILES string of the molecule is C=CCC(CC(=O)N(CCO)Cc1ccccc1)C(=O)N1CCCC1CO. The highest BCUT2D eigenvalue weighted by atomic mass is 16.3. The molecule has 1 heterocycles. The third-order valence-corrected chi connectivity index (χ3v) is 5.03. The molecule has 27 heavy (non-hydrogen) atoms. The van der Waals surface area contributed by atoms with Crippen molar-refractivity contribution >= 4 is 11.8 Å². The van der Waals surface area contributed by atoms with Crippen LogP contribution in [0.4, 0.5) is 0 Å². The Morgan fingerprint density at radius 1 is 1.30 bits per heavy atom. The number of benzene rings is 1. The Balaban J connectivity index is 2.06. The maximum atomic E-state index is 12.9. The largest absolute Gasteiger partial charge is 0.395 e. The molecule has 0 aliphatic carbocycles. The van der Waals surface area contributed by atoms with E-state index in [1.165, 1.54) is 0 Å². The molecule has 2 amide bonds. The maximum absolute atomic E-state index is 12.9. The van der Waals surface area contributed by atoms with Gasteiger partial charge in [0.25, 0.3) is 0 Å². The number of rotatable bonds is 10. The molecule has 1 aromatic rings. The van der Waals surface area contributed by atoms with E-state index in [9.17, 15) is 19.8 Å². The average molecular weight is 374 g/mol. The van der Waals surface area contributed by atoms with E-state index in [-0.39, 0.29) is 44.0 Å². The minimum Gasteiger partial charge on any atom is -0.395 e. The van der Waals surface area contributed by atoms with Gasteiger partial charge in [0.2, 0.25) is 11.8 Å². The molecule has 2 N–H and O–H groups in total. The highest BCUT2D eigenvalue weighted by Gasteiger charge is 2.33. The van der Waals surface area contributed by atoms with Crippen LogP contribution in [0.2, 0.25) is 0 Å². The van der Waals surface area contributed by atoms with E-state index in [2.05, 4.69) is 6.58 Å². The summed E-state index contributed by atoms with van der Waals surface area (Å²) in [5, 5.41) is 18.8. The molecule has 1 fully saturated rings. The number of aliphatic hydroxyl groups is 2. The molecule has 0 aromatic heterocycles. The molecule has 1 aromatic carbocycles. The van der Waals surface area contributed by atoms with Crippen LogP contribution < -0.4 is 0 Å². The smallest absolute Gasteiger partial charge is 0.226 e. The molecule has 1 saturated heterocycles. The van der Waals surface area contributed by atoms with E-state index >= 15 is 0 Å². The average Bonchev–Trinajstić information content (AvgIpc) is 3.16. The van der Waals surface area contributed by atoms with Crippen LogP contribution in [0, 0.1) is 5.92 Å². The van der Waals surface area contributed by atoms with Crippen LogP contribution in [0.3, 0.4) is 0 Å². The standard InChI is InChI=1S/C21H30N2O4/c1-2-7-18(21(27)23-11-6-10-19(23)16-25)14-20(26)22(12-13-24)15-17-8-4-3-5-9-17/h2-5,8-9,18-19,24-25H,1,6-7,10-16H2. The van der Waals surface area contributed by atoms with Gasteiger partial charge in [0.05, 0.1) is 25.2 Å². The minimum absolute atomic E-state index is 0.0505. The molecule has 1 aliphatic heterocycles. The molecule has 2 rings (SSSR count). The summed E-state index contributed by atoms with van der Waals surface area (Å²) in [6.45, 7) is 4.79. The van der Waals surface area contributed by atoms with Gasteiger partial charge in [-0.05, 0) is 24.8 Å². The number of likely N-dealkylation sites (tertiary alicyclic amines) is 1. The summed E-state index contributed by atoms with van der Waals surface area (Å²) in [6.07, 6.45) is 3.81. The molecule has 2 atom stereocenters. The summed E-state index contributed by atoms with van der Waals surface area (Å²) in [6, 6.07) is 9.43. The molecule has 6 nitrogen and oxygen atoms in total. The van der Waals surface area contributed by atoms with E-state index < -0.39 is 5.92 Å². The third kappa shape index (κ3) is 5.91. The zero-order valence-electron chi connectivity index (χ0n) is 15.8. The molecular weight excluding hydrogens is 344 g/mol. The number of hydrogen-bond acceptors (Lipinski definition) is 4. The molecule has 0 bridgehead atoms. The first-order valence-electron chi connectivity index (χ1n) is 9.55. The number of amides is 2. The lowest BCUT2D eigenvalue weighted by atomic mass is 9.98. The van der Waals surface area contributed by atoms with E-state index in [0.717, 1.165) is 18.4 Å². The molecule has 1 aliphatic rings. The number of aliphatic hydroxyl groups excluding tert-OH is 2. The Kier molecular flexibility index (Phi) is 8.48. The number of hydrogen-bond donors (Lipinski definition) is 2. The Bertz CT molecular complexity index is 620. The summed E-state index contributed by atoms with van der Waals surface area (Å²) in [4.78, 5) is 29.1. The van der Waals surface area contributed by atoms with Gasteiger partial charge in [-0.3, -0.25) is 9.59 Å². The van der Waals surface area contributed by atoms with Gasteiger partial charge in [-0.25, -0.2) is 0 Å². The van der Waals surface area contributed by atoms with Gasteiger partial charge in [0, 0.05) is 26.1 Å². The fraction of sp³-hybridized carbons (Fsp3) is 0.524. The van der Waals surface area contributed by atoms with E-state index in [4.69, 9.17) is 0 Å². The molecule has 148 valence electrons. The summed E-state index contributed by atoms with van der Waals surface area (Å²) in [7, 11) is 0. The lowest BCUT2D eigenvalue weighted by Gasteiger charge is -2.29. The maximum Gasteiger partial charge on any atom is 0.226 e. The van der Waals surface area contributed by atoms with E-state index in [1.807, 2.05) is 30.3 Å². The fourth-order valence-electron chi connectivity index (χ4n) is 3.58. The Labute approximate surface area is 161 Å². The van der Waals surface area contributed by atoms with Crippen molar-refractivity contribution in [3.05, 3.63) is 48.6 Å². The third-order valence-electron chi connectivity index (χ3n) is 5.03. The van der Waals surface area contributed by atoms with E-state index in [0.29, 0.717) is 19.5 Å². The Morgan fingerprint density at radius 2 is 2.04 bits per heavy atom. The quantitative estimate of drug-likeness (QED) is 0.609. The lowest BCUT2D eigenvalue weighted by molar-refractivity contribution is -0.142. The summed E-state index contributed by atoms with van der Waals surface area (Å²) in [5.41, 5.74) is 0.978.